The van der Waals surface area contributed by atoms with Crippen molar-refractivity contribution >= 4 is 31.6 Å². The van der Waals surface area contributed by atoms with E-state index in [1.165, 1.54) is 4.05 Å². The molecule has 0 rings (SSSR count). The maximum atomic E-state index is 4.99. The van der Waals surface area contributed by atoms with Crippen LogP contribution in [-0.4, -0.2) is 20.2 Å². The molecule has 0 aliphatic heterocycles. The molecule has 0 aliphatic carbocycles. The van der Waals surface area contributed by atoms with Crippen molar-refractivity contribution in [3.8, 4) is 0 Å². The summed E-state index contributed by atoms with van der Waals surface area (Å²) in [6.45, 7) is 2.15. The first-order valence-corrected chi connectivity index (χ1v) is 5.37. The molecule has 0 bridgehead atoms. The molecule has 0 atom stereocenters. The Kier molecular flexibility index (Phi) is 4.69. The van der Waals surface area contributed by atoms with Crippen molar-refractivity contribution in [1.29, 1.82) is 0 Å². The smallest absolute Gasteiger partial charge is 0.217 e. The monoisotopic (exact) mass is 215 g/mol. The Hall–Kier alpha value is 0.907. The molecule has 0 amide bonds. The third-order valence-electron chi connectivity index (χ3n) is 0.537. The molecule has 3 heteroatoms. The second-order valence-electron chi connectivity index (χ2n) is 1.04. The summed E-state index contributed by atoms with van der Waals surface area (Å²) in [4.78, 5) is 0. The number of hydrogen-bond acceptors (Lipinski definition) is 1. The van der Waals surface area contributed by atoms with Crippen LogP contribution < -0.4 is 0 Å². The highest BCUT2D eigenvalue weighted by atomic mass is 127. The molecule has 0 aromatic carbocycles. The lowest BCUT2D eigenvalue weighted by atomic mass is 11.8. The molecule has 1 radical (unpaired) electrons. The quantitative estimate of drug-likeness (QED) is 0.382. The first kappa shape index (κ1) is 6.91. The third-order valence-corrected chi connectivity index (χ3v) is 4.83. The Bertz CT molecular complexity index is 30.0. The van der Waals surface area contributed by atoms with Crippen molar-refractivity contribution in [3.05, 3.63) is 0 Å². The summed E-state index contributed by atoms with van der Waals surface area (Å²) in [6.07, 6.45) is 0. The van der Waals surface area contributed by atoms with Crippen LogP contribution in [0.2, 0.25) is 6.55 Å². The molecule has 0 aromatic heterocycles. The molecule has 0 spiro atoms. The first-order chi connectivity index (χ1) is 2.81. The number of alkyl halides is 1. The van der Waals surface area contributed by atoms with E-state index in [-0.39, 0.29) is 9.04 Å². The zero-order chi connectivity index (χ0) is 4.99. The van der Waals surface area contributed by atoms with Gasteiger partial charge in [0.05, 0.1) is 0 Å². The number of hydrogen-bond donors (Lipinski definition) is 0. The molecule has 0 saturated carbocycles. The predicted octanol–water partition coefficient (Wildman–Crippen LogP) is 1.23. The summed E-state index contributed by atoms with van der Waals surface area (Å²) in [5.74, 6) is 0. The van der Waals surface area contributed by atoms with Crippen LogP contribution in [0.5, 0.6) is 0 Å². The highest BCUT2D eigenvalue weighted by Crippen LogP contribution is 1.87. The summed E-state index contributed by atoms with van der Waals surface area (Å²) in [5.41, 5.74) is 0. The lowest BCUT2D eigenvalue weighted by molar-refractivity contribution is 0.430. The Balaban J connectivity index is 2.75. The largest absolute Gasteiger partial charge is 0.419 e. The van der Waals surface area contributed by atoms with Crippen LogP contribution in [0.4, 0.5) is 0 Å². The Morgan fingerprint density at radius 2 is 2.33 bits per heavy atom. The average Bonchev–Trinajstić information content (AvgIpc) is 1.65. The Morgan fingerprint density at radius 3 is 2.33 bits per heavy atom. The van der Waals surface area contributed by atoms with Crippen LogP contribution in [0.15, 0.2) is 0 Å². The van der Waals surface area contributed by atoms with Gasteiger partial charge in [0.25, 0.3) is 0 Å². The van der Waals surface area contributed by atoms with Gasteiger partial charge in [-0.1, -0.05) is 22.6 Å². The lowest BCUT2D eigenvalue weighted by Crippen LogP contribution is -2.11. The van der Waals surface area contributed by atoms with Crippen molar-refractivity contribution in [2.45, 2.75) is 6.55 Å². The van der Waals surface area contributed by atoms with Crippen molar-refractivity contribution in [2.24, 2.45) is 0 Å². The van der Waals surface area contributed by atoms with Crippen molar-refractivity contribution in [1.82, 2.24) is 0 Å². The third kappa shape index (κ3) is 3.11. The average molecular weight is 215 g/mol. The maximum Gasteiger partial charge on any atom is 0.217 e. The van der Waals surface area contributed by atoms with Crippen LogP contribution in [0.3, 0.4) is 0 Å². The van der Waals surface area contributed by atoms with Gasteiger partial charge >= 0.3 is 0 Å². The van der Waals surface area contributed by atoms with E-state index >= 15 is 0 Å². The normalized spacial score (nSPS) is 10.0. The van der Waals surface area contributed by atoms with Crippen molar-refractivity contribution < 1.29 is 4.43 Å². The standard InChI is InChI=1S/C3H8IOSi/c1-5-6(2)3-4/h3H2,1-2H3. The van der Waals surface area contributed by atoms with E-state index in [1.54, 1.807) is 7.11 Å². The fourth-order valence-corrected chi connectivity index (χ4v) is 1.10. The minimum absolute atomic E-state index is 0.382. The van der Waals surface area contributed by atoms with E-state index < -0.39 is 0 Å². The molecule has 0 aliphatic rings. The zero-order valence-corrected chi connectivity index (χ0v) is 7.15. The minimum Gasteiger partial charge on any atom is -0.419 e. The molecule has 1 nitrogen and oxygen atoms in total. The van der Waals surface area contributed by atoms with Gasteiger partial charge in [0.15, 0.2) is 0 Å². The molecule has 0 unspecified atom stereocenters. The van der Waals surface area contributed by atoms with E-state index in [0.29, 0.717) is 0 Å². The topological polar surface area (TPSA) is 9.23 Å². The van der Waals surface area contributed by atoms with Gasteiger partial charge in [0.1, 0.15) is 0 Å². The maximum absolute atomic E-state index is 4.99. The summed E-state index contributed by atoms with van der Waals surface area (Å²) < 4.78 is 6.17. The van der Waals surface area contributed by atoms with Crippen LogP contribution in [-0.2, 0) is 4.43 Å². The van der Waals surface area contributed by atoms with Gasteiger partial charge in [-0.25, -0.2) is 0 Å². The van der Waals surface area contributed by atoms with E-state index in [1.807, 2.05) is 0 Å². The molecule has 37 valence electrons. The zero-order valence-electron chi connectivity index (χ0n) is 3.99. The Labute approximate surface area is 53.9 Å². The Morgan fingerprint density at radius 1 is 1.83 bits per heavy atom. The molecular formula is C3H8IOSi. The summed E-state index contributed by atoms with van der Waals surface area (Å²) in [7, 11) is 1.39. The van der Waals surface area contributed by atoms with E-state index in [0.717, 1.165) is 0 Å². The predicted molar refractivity (Wildman–Crippen MR) is 37.5 cm³/mol. The van der Waals surface area contributed by atoms with Crippen LogP contribution in [0.1, 0.15) is 0 Å². The van der Waals surface area contributed by atoms with Gasteiger partial charge in [-0.3, -0.25) is 0 Å². The second kappa shape index (κ2) is 4.08. The molecule has 0 aromatic rings. The lowest BCUT2D eigenvalue weighted by Gasteiger charge is -1.96. The van der Waals surface area contributed by atoms with Crippen LogP contribution in [0, 0.1) is 0 Å². The SMILES string of the molecule is CO[Si](C)CI. The van der Waals surface area contributed by atoms with E-state index in [9.17, 15) is 0 Å². The molecule has 0 heterocycles. The summed E-state index contributed by atoms with van der Waals surface area (Å²) >= 11 is 2.33. The summed E-state index contributed by atoms with van der Waals surface area (Å²) in [6, 6.07) is 0. The molecule has 0 saturated heterocycles. The molecule has 0 fully saturated rings. The van der Waals surface area contributed by atoms with Gasteiger partial charge in [-0.15, -0.1) is 0 Å². The van der Waals surface area contributed by atoms with Gasteiger partial charge in [-0.05, 0) is 6.55 Å². The fourth-order valence-electron chi connectivity index (χ4n) is 0.0546. The fraction of sp³-hybridized carbons (Fsp3) is 1.00. The second-order valence-corrected chi connectivity index (χ2v) is 5.41. The number of halogens is 1. The van der Waals surface area contributed by atoms with Crippen LogP contribution in [0.25, 0.3) is 0 Å². The number of rotatable bonds is 2. The van der Waals surface area contributed by atoms with Gasteiger partial charge in [0, 0.05) is 11.2 Å². The highest BCUT2D eigenvalue weighted by Gasteiger charge is 1.95. The summed E-state index contributed by atoms with van der Waals surface area (Å²) in [5, 5.41) is 0. The molecule has 0 N–H and O–H groups in total. The van der Waals surface area contributed by atoms with E-state index in [4.69, 9.17) is 4.43 Å². The van der Waals surface area contributed by atoms with Crippen molar-refractivity contribution in [2.75, 3.05) is 11.2 Å². The van der Waals surface area contributed by atoms with Gasteiger partial charge < -0.3 is 4.43 Å². The van der Waals surface area contributed by atoms with E-state index in [2.05, 4.69) is 29.1 Å². The molecule has 6 heavy (non-hydrogen) atoms. The van der Waals surface area contributed by atoms with Gasteiger partial charge in [-0.2, -0.15) is 0 Å². The first-order valence-electron chi connectivity index (χ1n) is 1.73. The van der Waals surface area contributed by atoms with Crippen LogP contribution >= 0.6 is 22.6 Å². The van der Waals surface area contributed by atoms with Crippen molar-refractivity contribution in [3.63, 3.8) is 0 Å². The minimum atomic E-state index is -0.382. The molecular weight excluding hydrogens is 207 g/mol. The highest BCUT2D eigenvalue weighted by molar-refractivity contribution is 14.1. The van der Waals surface area contributed by atoms with Gasteiger partial charge in [0.2, 0.25) is 9.04 Å².